The molecule has 14 heavy (non-hydrogen) atoms. The molecule has 0 spiro atoms. The highest BCUT2D eigenvalue weighted by molar-refractivity contribution is 9.10. The molecule has 0 amide bonds. The van der Waals surface area contributed by atoms with E-state index in [0.717, 1.165) is 10.2 Å². The Morgan fingerprint density at radius 1 is 1.36 bits per heavy atom. The molecule has 1 aromatic rings. The van der Waals surface area contributed by atoms with Crippen molar-refractivity contribution < 1.29 is 9.84 Å². The van der Waals surface area contributed by atoms with Gasteiger partial charge < -0.3 is 9.84 Å². The van der Waals surface area contributed by atoms with Crippen LogP contribution in [0.2, 0.25) is 0 Å². The fraction of sp³-hybridized carbons (Fsp3) is 0.455. The van der Waals surface area contributed by atoms with Gasteiger partial charge in [-0.15, -0.1) is 0 Å². The van der Waals surface area contributed by atoms with E-state index >= 15 is 0 Å². The minimum Gasteiger partial charge on any atom is -0.487 e. The predicted octanol–water partition coefficient (Wildman–Crippen LogP) is 2.91. The zero-order valence-electron chi connectivity index (χ0n) is 8.62. The van der Waals surface area contributed by atoms with E-state index in [0.29, 0.717) is 0 Å². The van der Waals surface area contributed by atoms with E-state index in [1.165, 1.54) is 5.56 Å². The van der Waals surface area contributed by atoms with Crippen molar-refractivity contribution in [1.82, 2.24) is 0 Å². The van der Waals surface area contributed by atoms with E-state index in [2.05, 4.69) is 15.9 Å². The molecule has 0 saturated heterocycles. The van der Waals surface area contributed by atoms with Gasteiger partial charge in [-0.05, 0) is 54.4 Å². The number of rotatable bonds is 3. The molecule has 1 rings (SSSR count). The van der Waals surface area contributed by atoms with Gasteiger partial charge in [0.05, 0.1) is 10.6 Å². The van der Waals surface area contributed by atoms with Crippen LogP contribution in [-0.4, -0.2) is 17.3 Å². The van der Waals surface area contributed by atoms with Gasteiger partial charge in [0.1, 0.15) is 11.9 Å². The van der Waals surface area contributed by atoms with E-state index in [9.17, 15) is 5.11 Å². The fourth-order valence-corrected chi connectivity index (χ4v) is 1.59. The Morgan fingerprint density at radius 3 is 2.50 bits per heavy atom. The summed E-state index contributed by atoms with van der Waals surface area (Å²) in [5.41, 5.74) is 1.17. The van der Waals surface area contributed by atoms with E-state index in [1.54, 1.807) is 6.92 Å². The third-order valence-corrected chi connectivity index (χ3v) is 2.70. The molecule has 2 unspecified atom stereocenters. The highest BCUT2D eigenvalue weighted by Crippen LogP contribution is 2.26. The van der Waals surface area contributed by atoms with Crippen LogP contribution in [0.5, 0.6) is 5.75 Å². The Bertz CT molecular complexity index is 310. The molecule has 2 nitrogen and oxygen atoms in total. The minimum absolute atomic E-state index is 0.200. The molecule has 0 heterocycles. The molecule has 0 aliphatic heterocycles. The van der Waals surface area contributed by atoms with Gasteiger partial charge in [0, 0.05) is 0 Å². The Morgan fingerprint density at radius 2 is 2.00 bits per heavy atom. The van der Waals surface area contributed by atoms with Crippen molar-refractivity contribution in [3.63, 3.8) is 0 Å². The van der Waals surface area contributed by atoms with Gasteiger partial charge in [-0.3, -0.25) is 0 Å². The third kappa shape index (κ3) is 3.00. The first kappa shape index (κ1) is 11.5. The lowest BCUT2D eigenvalue weighted by atomic mass is 10.2. The molecule has 0 aliphatic rings. The van der Waals surface area contributed by atoms with Gasteiger partial charge in [-0.25, -0.2) is 0 Å². The average molecular weight is 259 g/mol. The van der Waals surface area contributed by atoms with E-state index in [-0.39, 0.29) is 6.10 Å². The lowest BCUT2D eigenvalue weighted by Gasteiger charge is -2.18. The van der Waals surface area contributed by atoms with Crippen LogP contribution in [0.15, 0.2) is 22.7 Å². The molecule has 0 radical (unpaired) electrons. The second kappa shape index (κ2) is 4.80. The molecular weight excluding hydrogens is 244 g/mol. The molecule has 0 fully saturated rings. The highest BCUT2D eigenvalue weighted by atomic mass is 79.9. The summed E-state index contributed by atoms with van der Waals surface area (Å²) in [4.78, 5) is 0. The molecule has 2 atom stereocenters. The molecule has 0 saturated carbocycles. The second-order valence-corrected chi connectivity index (χ2v) is 4.35. The van der Waals surface area contributed by atoms with Crippen molar-refractivity contribution in [1.29, 1.82) is 0 Å². The van der Waals surface area contributed by atoms with E-state index < -0.39 is 6.10 Å². The van der Waals surface area contributed by atoms with Gasteiger partial charge in [0.2, 0.25) is 0 Å². The highest BCUT2D eigenvalue weighted by Gasteiger charge is 2.11. The van der Waals surface area contributed by atoms with Crippen molar-refractivity contribution in [2.75, 3.05) is 0 Å². The zero-order valence-corrected chi connectivity index (χ0v) is 10.2. The molecule has 0 bridgehead atoms. The summed E-state index contributed by atoms with van der Waals surface area (Å²) in [5, 5.41) is 9.29. The molecule has 1 N–H and O–H groups in total. The van der Waals surface area contributed by atoms with Crippen LogP contribution in [0.4, 0.5) is 0 Å². The average Bonchev–Trinajstić information content (AvgIpc) is 2.09. The molecule has 0 aliphatic carbocycles. The van der Waals surface area contributed by atoms with Gasteiger partial charge in [0.25, 0.3) is 0 Å². The third-order valence-electron chi connectivity index (χ3n) is 2.08. The number of benzene rings is 1. The van der Waals surface area contributed by atoms with Crippen LogP contribution in [0.1, 0.15) is 19.4 Å². The summed E-state index contributed by atoms with van der Waals surface area (Å²) in [6.45, 7) is 5.58. The number of hydrogen-bond acceptors (Lipinski definition) is 2. The maximum Gasteiger partial charge on any atom is 0.134 e. The predicted molar refractivity (Wildman–Crippen MR) is 60.6 cm³/mol. The van der Waals surface area contributed by atoms with Crippen LogP contribution in [0.25, 0.3) is 0 Å². The van der Waals surface area contributed by atoms with Crippen LogP contribution in [-0.2, 0) is 0 Å². The number of aliphatic hydroxyl groups is 1. The van der Waals surface area contributed by atoms with Crippen molar-refractivity contribution in [2.45, 2.75) is 33.0 Å². The van der Waals surface area contributed by atoms with Crippen molar-refractivity contribution in [3.8, 4) is 5.75 Å². The Hall–Kier alpha value is -0.540. The van der Waals surface area contributed by atoms with Crippen LogP contribution in [0.3, 0.4) is 0 Å². The maximum atomic E-state index is 9.29. The summed E-state index contributed by atoms with van der Waals surface area (Å²) in [6.07, 6.45) is -0.669. The molecule has 0 aromatic heterocycles. The molecule has 1 aromatic carbocycles. The minimum atomic E-state index is -0.469. The molecule has 3 heteroatoms. The van der Waals surface area contributed by atoms with E-state index in [4.69, 9.17) is 4.74 Å². The molecular formula is C11H15BrO2. The van der Waals surface area contributed by atoms with Crippen molar-refractivity contribution in [3.05, 3.63) is 28.2 Å². The number of aryl methyl sites for hydroxylation is 1. The standard InChI is InChI=1S/C11H15BrO2/c1-7-4-5-11(10(12)6-7)14-9(3)8(2)13/h4-6,8-9,13H,1-3H3. The maximum absolute atomic E-state index is 9.29. The first-order chi connectivity index (χ1) is 6.50. The SMILES string of the molecule is Cc1ccc(OC(C)C(C)O)c(Br)c1. The quantitative estimate of drug-likeness (QED) is 0.904. The number of aliphatic hydroxyl groups excluding tert-OH is 1. The first-order valence-corrected chi connectivity index (χ1v) is 5.41. The first-order valence-electron chi connectivity index (χ1n) is 4.61. The molecule has 78 valence electrons. The van der Waals surface area contributed by atoms with Crippen molar-refractivity contribution in [2.24, 2.45) is 0 Å². The smallest absolute Gasteiger partial charge is 0.134 e. The van der Waals surface area contributed by atoms with E-state index in [1.807, 2.05) is 32.0 Å². The lowest BCUT2D eigenvalue weighted by molar-refractivity contribution is 0.0599. The summed E-state index contributed by atoms with van der Waals surface area (Å²) < 4.78 is 6.49. The van der Waals surface area contributed by atoms with Crippen LogP contribution < -0.4 is 4.74 Å². The Balaban J connectivity index is 2.77. The second-order valence-electron chi connectivity index (χ2n) is 3.50. The summed E-state index contributed by atoms with van der Waals surface area (Å²) in [6, 6.07) is 5.87. The van der Waals surface area contributed by atoms with Gasteiger partial charge in [-0.1, -0.05) is 6.07 Å². The van der Waals surface area contributed by atoms with Gasteiger partial charge in [-0.2, -0.15) is 0 Å². The summed E-state index contributed by atoms with van der Waals surface area (Å²) in [7, 11) is 0. The summed E-state index contributed by atoms with van der Waals surface area (Å²) in [5.74, 6) is 0.768. The van der Waals surface area contributed by atoms with Crippen LogP contribution in [0, 0.1) is 6.92 Å². The number of ether oxygens (including phenoxy) is 1. The van der Waals surface area contributed by atoms with Crippen LogP contribution >= 0.6 is 15.9 Å². The van der Waals surface area contributed by atoms with Gasteiger partial charge >= 0.3 is 0 Å². The normalized spacial score (nSPS) is 14.9. The lowest BCUT2D eigenvalue weighted by Crippen LogP contribution is -2.25. The number of halogens is 1. The monoisotopic (exact) mass is 258 g/mol. The Labute approximate surface area is 93.0 Å². The number of hydrogen-bond donors (Lipinski definition) is 1. The summed E-state index contributed by atoms with van der Waals surface area (Å²) >= 11 is 3.42. The van der Waals surface area contributed by atoms with Gasteiger partial charge in [0.15, 0.2) is 0 Å². The van der Waals surface area contributed by atoms with Crippen molar-refractivity contribution >= 4 is 15.9 Å². The largest absolute Gasteiger partial charge is 0.487 e. The zero-order chi connectivity index (χ0) is 10.7. The topological polar surface area (TPSA) is 29.5 Å². The Kier molecular flexibility index (Phi) is 3.96. The fourth-order valence-electron chi connectivity index (χ4n) is 1.00.